The van der Waals surface area contributed by atoms with Crippen LogP contribution in [0.4, 0.5) is 5.69 Å². The van der Waals surface area contributed by atoms with Crippen molar-refractivity contribution in [2.75, 3.05) is 33.3 Å². The van der Waals surface area contributed by atoms with Crippen LogP contribution >= 0.6 is 0 Å². The number of fused-ring (bicyclic) bond motifs is 2. The number of non-ortho nitro benzene ring substituents is 1. The largest absolute Gasteiger partial charge is 0.493 e. The lowest BCUT2D eigenvalue weighted by atomic mass is 9.88. The molecule has 0 aliphatic carbocycles. The second-order valence-corrected chi connectivity index (χ2v) is 9.66. The van der Waals surface area contributed by atoms with E-state index in [1.165, 1.54) is 12.1 Å². The zero-order valence-corrected chi connectivity index (χ0v) is 20.2. The fourth-order valence-corrected chi connectivity index (χ4v) is 5.13. The summed E-state index contributed by atoms with van der Waals surface area (Å²) >= 11 is 0. The Morgan fingerprint density at radius 1 is 1.03 bits per heavy atom. The van der Waals surface area contributed by atoms with Crippen LogP contribution in [0.1, 0.15) is 29.9 Å². The third kappa shape index (κ3) is 5.04. The van der Waals surface area contributed by atoms with Gasteiger partial charge in [-0.15, -0.1) is 0 Å². The van der Waals surface area contributed by atoms with Crippen LogP contribution in [-0.4, -0.2) is 54.8 Å². The second-order valence-electron chi connectivity index (χ2n) is 9.66. The van der Waals surface area contributed by atoms with Crippen molar-refractivity contribution in [1.82, 2.24) is 0 Å². The van der Waals surface area contributed by atoms with Crippen LogP contribution in [0, 0.1) is 10.1 Å². The smallest absolute Gasteiger partial charge is 0.318 e. The van der Waals surface area contributed by atoms with Crippen LogP contribution < -0.4 is 9.47 Å². The summed E-state index contributed by atoms with van der Waals surface area (Å²) in [6.07, 6.45) is 1.51. The van der Waals surface area contributed by atoms with Crippen LogP contribution in [0.5, 0.6) is 17.2 Å². The van der Waals surface area contributed by atoms with Crippen LogP contribution in [0.25, 0.3) is 0 Å². The summed E-state index contributed by atoms with van der Waals surface area (Å²) < 4.78 is 18.6. The highest BCUT2D eigenvalue weighted by Gasteiger charge is 2.40. The number of rotatable bonds is 8. The van der Waals surface area contributed by atoms with Gasteiger partial charge in [-0.25, -0.2) is 0 Å². The standard InChI is InChI=1S/C28H29N2O6/c1-30(16-6-18-34-21-13-11-20(12-14-21)29(32)33)17-15-22(19-30)35-28(31)27-23-7-2-4-9-25(23)36-26-10-5-3-8-24(26)27/h2-5,7-14,22,27H,6,15-19H2,1H3/q+1. The highest BCUT2D eigenvalue weighted by atomic mass is 16.6. The van der Waals surface area contributed by atoms with Gasteiger partial charge >= 0.3 is 5.97 Å². The first kappa shape index (κ1) is 23.8. The van der Waals surface area contributed by atoms with E-state index in [0.29, 0.717) is 23.9 Å². The minimum Gasteiger partial charge on any atom is -0.493 e. The van der Waals surface area contributed by atoms with Crippen LogP contribution in [0.3, 0.4) is 0 Å². The molecule has 8 heteroatoms. The molecule has 3 aromatic rings. The molecule has 2 unspecified atom stereocenters. The molecule has 0 aromatic heterocycles. The summed E-state index contributed by atoms with van der Waals surface area (Å²) in [7, 11) is 2.18. The molecule has 1 fully saturated rings. The van der Waals surface area contributed by atoms with Gasteiger partial charge in [0.25, 0.3) is 5.69 Å². The minimum atomic E-state index is -0.499. The van der Waals surface area contributed by atoms with E-state index in [2.05, 4.69) is 7.05 Å². The predicted octanol–water partition coefficient (Wildman–Crippen LogP) is 5.06. The molecule has 0 amide bonds. The first-order chi connectivity index (χ1) is 17.4. The number of nitrogens with zero attached hydrogens (tertiary/aromatic N) is 2. The summed E-state index contributed by atoms with van der Waals surface area (Å²) in [6, 6.07) is 21.4. The highest BCUT2D eigenvalue weighted by Crippen LogP contribution is 2.44. The number of nitro benzene ring substituents is 1. The van der Waals surface area contributed by atoms with E-state index in [-0.39, 0.29) is 17.8 Å². The number of likely N-dealkylation sites (tertiary alicyclic amines) is 1. The molecule has 0 spiro atoms. The summed E-state index contributed by atoms with van der Waals surface area (Å²) in [5.41, 5.74) is 1.71. The Morgan fingerprint density at radius 2 is 1.67 bits per heavy atom. The van der Waals surface area contributed by atoms with Gasteiger partial charge in [-0.1, -0.05) is 36.4 Å². The Labute approximate surface area is 209 Å². The van der Waals surface area contributed by atoms with Gasteiger partial charge < -0.3 is 18.7 Å². The maximum Gasteiger partial charge on any atom is 0.318 e. The molecule has 3 aromatic carbocycles. The predicted molar refractivity (Wildman–Crippen MR) is 133 cm³/mol. The van der Waals surface area contributed by atoms with Gasteiger partial charge in [-0.05, 0) is 24.3 Å². The van der Waals surface area contributed by atoms with E-state index in [9.17, 15) is 14.9 Å². The minimum absolute atomic E-state index is 0.0470. The fourth-order valence-electron chi connectivity index (χ4n) is 5.13. The molecule has 2 aliphatic heterocycles. The number of carbonyl (C=O) groups is 1. The molecule has 0 saturated carbocycles. The van der Waals surface area contributed by atoms with Crippen LogP contribution in [0.15, 0.2) is 72.8 Å². The van der Waals surface area contributed by atoms with E-state index < -0.39 is 10.8 Å². The molecular formula is C28H29N2O6+. The molecule has 5 rings (SSSR count). The monoisotopic (exact) mass is 489 g/mol. The van der Waals surface area contributed by atoms with Crippen LogP contribution in [-0.2, 0) is 9.53 Å². The van der Waals surface area contributed by atoms with E-state index in [0.717, 1.165) is 48.1 Å². The van der Waals surface area contributed by atoms with Crippen molar-refractivity contribution < 1.29 is 28.4 Å². The molecule has 8 nitrogen and oxygen atoms in total. The van der Waals surface area contributed by atoms with E-state index in [1.54, 1.807) is 12.1 Å². The van der Waals surface area contributed by atoms with Crippen LogP contribution in [0.2, 0.25) is 0 Å². The number of carbonyl (C=O) groups excluding carboxylic acids is 1. The number of hydrogen-bond acceptors (Lipinski definition) is 6. The van der Waals surface area contributed by atoms with Gasteiger partial charge in [-0.2, -0.15) is 0 Å². The Bertz CT molecular complexity index is 1220. The number of hydrogen-bond donors (Lipinski definition) is 0. The van der Waals surface area contributed by atoms with Gasteiger partial charge in [0.2, 0.25) is 0 Å². The molecule has 2 heterocycles. The average Bonchev–Trinajstić information content (AvgIpc) is 3.25. The summed E-state index contributed by atoms with van der Waals surface area (Å²) in [5, 5.41) is 10.8. The summed E-state index contributed by atoms with van der Waals surface area (Å²) in [5.74, 6) is 1.27. The molecule has 0 bridgehead atoms. The molecule has 36 heavy (non-hydrogen) atoms. The van der Waals surface area contributed by atoms with Crippen molar-refractivity contribution in [3.8, 4) is 17.2 Å². The quantitative estimate of drug-likeness (QED) is 0.144. The van der Waals surface area contributed by atoms with Gasteiger partial charge in [0.15, 0.2) is 6.10 Å². The van der Waals surface area contributed by atoms with Crippen molar-refractivity contribution in [2.45, 2.75) is 24.9 Å². The first-order valence-corrected chi connectivity index (χ1v) is 12.2. The average molecular weight is 490 g/mol. The first-order valence-electron chi connectivity index (χ1n) is 12.2. The lowest BCUT2D eigenvalue weighted by Crippen LogP contribution is -2.44. The zero-order chi connectivity index (χ0) is 25.1. The van der Waals surface area contributed by atoms with Crippen molar-refractivity contribution in [3.63, 3.8) is 0 Å². The molecule has 1 saturated heterocycles. The highest BCUT2D eigenvalue weighted by molar-refractivity contribution is 5.85. The number of quaternary nitrogens is 1. The van der Waals surface area contributed by atoms with Crippen molar-refractivity contribution >= 4 is 11.7 Å². The number of likely N-dealkylation sites (N-methyl/N-ethyl adjacent to an activating group) is 1. The molecule has 2 aliphatic rings. The number of nitro groups is 1. The normalized spacial score (nSPS) is 20.6. The fraction of sp³-hybridized carbons (Fsp3) is 0.321. The van der Waals surface area contributed by atoms with Crippen molar-refractivity contribution in [3.05, 3.63) is 94.0 Å². The Balaban J connectivity index is 1.16. The van der Waals surface area contributed by atoms with Gasteiger partial charge in [0, 0.05) is 36.1 Å². The maximum absolute atomic E-state index is 13.4. The topological polar surface area (TPSA) is 87.9 Å². The SMILES string of the molecule is C[N+]1(CCCOc2ccc([N+](=O)[O-])cc2)CCC(OC(=O)C2c3ccccc3Oc3ccccc32)C1. The third-order valence-electron chi connectivity index (χ3n) is 6.99. The van der Waals surface area contributed by atoms with Gasteiger partial charge in [0.05, 0.1) is 31.7 Å². The van der Waals surface area contributed by atoms with Gasteiger partial charge in [-0.3, -0.25) is 14.9 Å². The molecule has 186 valence electrons. The number of ether oxygens (including phenoxy) is 3. The third-order valence-corrected chi connectivity index (χ3v) is 6.99. The molecule has 0 N–H and O–H groups in total. The molecule has 0 radical (unpaired) electrons. The van der Waals surface area contributed by atoms with Crippen molar-refractivity contribution in [2.24, 2.45) is 0 Å². The lowest BCUT2D eigenvalue weighted by molar-refractivity contribution is -0.899. The van der Waals surface area contributed by atoms with E-state index >= 15 is 0 Å². The van der Waals surface area contributed by atoms with E-state index in [4.69, 9.17) is 14.2 Å². The maximum atomic E-state index is 13.4. The Kier molecular flexibility index (Phi) is 6.61. The van der Waals surface area contributed by atoms with E-state index in [1.807, 2.05) is 48.5 Å². The lowest BCUT2D eigenvalue weighted by Gasteiger charge is -2.30. The number of benzene rings is 3. The summed E-state index contributed by atoms with van der Waals surface area (Å²) in [4.78, 5) is 23.8. The molecular weight excluding hydrogens is 460 g/mol. The zero-order valence-electron chi connectivity index (χ0n) is 20.2. The van der Waals surface area contributed by atoms with Crippen molar-refractivity contribution in [1.29, 1.82) is 0 Å². The Hall–Kier alpha value is -3.91. The Morgan fingerprint density at radius 3 is 2.31 bits per heavy atom. The summed E-state index contributed by atoms with van der Waals surface area (Å²) in [6.45, 7) is 3.10. The number of esters is 1. The van der Waals surface area contributed by atoms with Gasteiger partial charge in [0.1, 0.15) is 29.7 Å². The number of para-hydroxylation sites is 2. The molecule has 2 atom stereocenters. The second kappa shape index (κ2) is 9.99.